The number of rotatable bonds is 0. The lowest BCUT2D eigenvalue weighted by molar-refractivity contribution is 0.0891. The summed E-state index contributed by atoms with van der Waals surface area (Å²) in [6, 6.07) is 14.7. The maximum absolute atomic E-state index is 12.5. The summed E-state index contributed by atoms with van der Waals surface area (Å²) >= 11 is 0. The summed E-state index contributed by atoms with van der Waals surface area (Å²) < 4.78 is 2.34. The Hall–Kier alpha value is -2.09. The Morgan fingerprint density at radius 2 is 1.32 bits per heavy atom. The van der Waals surface area contributed by atoms with Crippen LogP contribution in [0.3, 0.4) is 0 Å². The molecule has 0 radical (unpaired) electrons. The van der Waals surface area contributed by atoms with Crippen molar-refractivity contribution < 1.29 is 4.79 Å². The molecule has 0 fully saturated rings. The fourth-order valence-corrected chi connectivity index (χ4v) is 3.36. The smallest absolute Gasteiger partial charge is 0.169 e. The van der Waals surface area contributed by atoms with Gasteiger partial charge in [0.15, 0.2) is 5.78 Å². The summed E-state index contributed by atoms with van der Waals surface area (Å²) in [4.78, 5) is 12.5. The van der Waals surface area contributed by atoms with Gasteiger partial charge in [-0.2, -0.15) is 0 Å². The van der Waals surface area contributed by atoms with Gasteiger partial charge in [0, 0.05) is 33.8 Å². The molecule has 0 aliphatic carbocycles. The highest BCUT2D eigenvalue weighted by molar-refractivity contribution is 6.18. The summed E-state index contributed by atoms with van der Waals surface area (Å²) in [5, 5.41) is 2.44. The van der Waals surface area contributed by atoms with Crippen molar-refractivity contribution in [1.29, 1.82) is 0 Å². The number of Topliss-reactive ketones (excluding diaryl/α,β-unsaturated/α-hetero) is 1. The van der Waals surface area contributed by atoms with Gasteiger partial charge in [-0.1, -0.05) is 78.8 Å². The Balaban J connectivity index is 0.000000475. The van der Waals surface area contributed by atoms with Crippen LogP contribution in [-0.4, -0.2) is 10.4 Å². The third kappa shape index (κ3) is 3.35. The number of carbonyl (C=O) groups is 1. The molecule has 2 heterocycles. The summed E-state index contributed by atoms with van der Waals surface area (Å²) in [5.41, 5.74) is 3.22. The van der Waals surface area contributed by atoms with Crippen molar-refractivity contribution in [1.82, 2.24) is 4.57 Å². The molecule has 0 saturated carbocycles. The molecule has 136 valence electrons. The minimum Gasteiger partial charge on any atom is -0.336 e. The van der Waals surface area contributed by atoms with Crippen LogP contribution in [0.15, 0.2) is 42.5 Å². The van der Waals surface area contributed by atoms with E-state index in [-0.39, 0.29) is 17.7 Å². The normalized spacial score (nSPS) is 17.7. The van der Waals surface area contributed by atoms with Crippen LogP contribution in [0, 0.1) is 5.92 Å². The molecule has 3 aromatic rings. The first-order chi connectivity index (χ1) is 12.2. The van der Waals surface area contributed by atoms with Gasteiger partial charge in [-0.15, -0.1) is 0 Å². The van der Waals surface area contributed by atoms with Crippen molar-refractivity contribution in [3.8, 4) is 0 Å². The average Bonchev–Trinajstić information content (AvgIpc) is 3.05. The molecular formula is C23H33NO. The van der Waals surface area contributed by atoms with Crippen LogP contribution in [0.25, 0.3) is 21.8 Å². The van der Waals surface area contributed by atoms with Crippen LogP contribution in [0.4, 0.5) is 0 Å². The molecule has 1 aliphatic heterocycles. The van der Waals surface area contributed by atoms with Crippen molar-refractivity contribution >= 4 is 27.6 Å². The van der Waals surface area contributed by atoms with Crippen molar-refractivity contribution in [2.75, 3.05) is 0 Å². The zero-order valence-electron chi connectivity index (χ0n) is 17.1. The van der Waals surface area contributed by atoms with E-state index in [9.17, 15) is 4.79 Å². The second-order valence-electron chi connectivity index (χ2n) is 5.48. The molecule has 0 amide bonds. The maximum Gasteiger partial charge on any atom is 0.169 e. The zero-order valence-corrected chi connectivity index (χ0v) is 17.1. The van der Waals surface area contributed by atoms with E-state index in [1.54, 1.807) is 0 Å². The number of aromatic nitrogens is 1. The van der Waals surface area contributed by atoms with Crippen LogP contribution in [-0.2, 0) is 0 Å². The Labute approximate surface area is 152 Å². The molecule has 2 heteroatoms. The highest BCUT2D eigenvalue weighted by atomic mass is 16.1. The molecule has 0 spiro atoms. The number of nitrogens with zero attached hydrogens (tertiary/aromatic N) is 1. The lowest BCUT2D eigenvalue weighted by atomic mass is 9.89. The topological polar surface area (TPSA) is 22.0 Å². The fraction of sp³-hybridized carbons (Fsp3) is 0.435. The first-order valence-electron chi connectivity index (χ1n) is 9.76. The largest absolute Gasteiger partial charge is 0.336 e. The molecule has 2 nitrogen and oxygen atoms in total. The minimum absolute atomic E-state index is 0.0360. The highest BCUT2D eigenvalue weighted by Gasteiger charge is 2.32. The summed E-state index contributed by atoms with van der Waals surface area (Å²) in [6.45, 7) is 16.2. The monoisotopic (exact) mass is 339 g/mol. The number of benzene rings is 2. The van der Waals surface area contributed by atoms with Crippen molar-refractivity contribution in [2.45, 2.75) is 61.4 Å². The van der Waals surface area contributed by atoms with Crippen LogP contribution in [0.1, 0.15) is 71.8 Å². The van der Waals surface area contributed by atoms with Gasteiger partial charge in [-0.05, 0) is 19.1 Å². The third-order valence-electron chi connectivity index (χ3n) is 4.54. The second kappa shape index (κ2) is 9.41. The van der Waals surface area contributed by atoms with E-state index in [1.807, 2.05) is 60.6 Å². The van der Waals surface area contributed by atoms with Gasteiger partial charge in [0.25, 0.3) is 0 Å². The molecule has 0 N–H and O–H groups in total. The quantitative estimate of drug-likeness (QED) is 0.422. The van der Waals surface area contributed by atoms with Gasteiger partial charge >= 0.3 is 0 Å². The van der Waals surface area contributed by atoms with E-state index in [4.69, 9.17) is 0 Å². The Kier molecular flexibility index (Phi) is 7.89. The summed E-state index contributed by atoms with van der Waals surface area (Å²) in [7, 11) is 0. The number of carbonyl (C=O) groups excluding carboxylic acids is 1. The lowest BCUT2D eigenvalue weighted by Crippen LogP contribution is -2.27. The molecular weight excluding hydrogens is 306 g/mol. The second-order valence-corrected chi connectivity index (χ2v) is 5.48. The van der Waals surface area contributed by atoms with E-state index in [1.165, 1.54) is 16.3 Å². The molecule has 2 unspecified atom stereocenters. The van der Waals surface area contributed by atoms with E-state index in [2.05, 4.69) is 41.8 Å². The standard InChI is InChI=1S/C17H15NO.3C2H6/c1-10-11(2)18-15-9-4-3-6-12(15)13-7-5-8-14(16(13)18)17(10)19;3*1-2/h3-11H,1-2H3;3*1-2H3. The lowest BCUT2D eigenvalue weighted by Gasteiger charge is -2.28. The third-order valence-corrected chi connectivity index (χ3v) is 4.54. The molecule has 25 heavy (non-hydrogen) atoms. The number of para-hydroxylation sites is 2. The predicted molar refractivity (Wildman–Crippen MR) is 112 cm³/mol. The first kappa shape index (κ1) is 21.0. The highest BCUT2D eigenvalue weighted by Crippen LogP contribution is 2.40. The van der Waals surface area contributed by atoms with E-state index >= 15 is 0 Å². The van der Waals surface area contributed by atoms with Gasteiger partial charge in [-0.25, -0.2) is 0 Å². The zero-order chi connectivity index (χ0) is 19.1. The van der Waals surface area contributed by atoms with Gasteiger partial charge in [0.05, 0.1) is 5.52 Å². The SMILES string of the molecule is CC.CC.CC.CC1C(=O)c2cccc3c4ccccc4n(c23)C1C. The number of hydrogen-bond donors (Lipinski definition) is 0. The minimum atomic E-state index is 0.0360. The Bertz CT molecular complexity index is 829. The number of hydrogen-bond acceptors (Lipinski definition) is 1. The fourth-order valence-electron chi connectivity index (χ4n) is 3.36. The Morgan fingerprint density at radius 1 is 0.760 bits per heavy atom. The Morgan fingerprint density at radius 3 is 1.96 bits per heavy atom. The van der Waals surface area contributed by atoms with Gasteiger partial charge in [0.1, 0.15) is 0 Å². The van der Waals surface area contributed by atoms with Crippen LogP contribution >= 0.6 is 0 Å². The predicted octanol–water partition coefficient (Wildman–Crippen LogP) is 7.27. The van der Waals surface area contributed by atoms with Gasteiger partial charge < -0.3 is 4.57 Å². The van der Waals surface area contributed by atoms with Gasteiger partial charge in [-0.3, -0.25) is 4.79 Å². The summed E-state index contributed by atoms with van der Waals surface area (Å²) in [6.07, 6.45) is 0. The van der Waals surface area contributed by atoms with Crippen molar-refractivity contribution in [3.05, 3.63) is 48.0 Å². The number of fused-ring (bicyclic) bond motifs is 3. The van der Waals surface area contributed by atoms with Crippen molar-refractivity contribution in [2.24, 2.45) is 5.92 Å². The van der Waals surface area contributed by atoms with E-state index < -0.39 is 0 Å². The molecule has 0 saturated heterocycles. The molecule has 1 aromatic heterocycles. The van der Waals surface area contributed by atoms with E-state index in [0.717, 1.165) is 11.1 Å². The molecule has 4 rings (SSSR count). The molecule has 2 aromatic carbocycles. The molecule has 1 aliphatic rings. The number of ketones is 1. The van der Waals surface area contributed by atoms with Crippen molar-refractivity contribution in [3.63, 3.8) is 0 Å². The summed E-state index contributed by atoms with van der Waals surface area (Å²) in [5.74, 6) is 0.308. The molecule has 0 bridgehead atoms. The van der Waals surface area contributed by atoms with Crippen LogP contribution in [0.5, 0.6) is 0 Å². The first-order valence-corrected chi connectivity index (χ1v) is 9.76. The van der Waals surface area contributed by atoms with Crippen LogP contribution < -0.4 is 0 Å². The average molecular weight is 340 g/mol. The van der Waals surface area contributed by atoms with Crippen LogP contribution in [0.2, 0.25) is 0 Å². The van der Waals surface area contributed by atoms with Gasteiger partial charge in [0.2, 0.25) is 0 Å². The van der Waals surface area contributed by atoms with E-state index in [0.29, 0.717) is 0 Å². The maximum atomic E-state index is 12.5. The molecule has 2 atom stereocenters.